The molecule has 8 nitrogen and oxygen atoms in total. The summed E-state index contributed by atoms with van der Waals surface area (Å²) in [5.41, 5.74) is 5.13. The second kappa shape index (κ2) is 5.90. The molecular weight excluding hydrogens is 318 g/mol. The molecule has 0 radical (unpaired) electrons. The van der Waals surface area contributed by atoms with Crippen molar-refractivity contribution < 1.29 is 0 Å². The summed E-state index contributed by atoms with van der Waals surface area (Å²) in [7, 11) is 1.89. The number of nitrogens with one attached hydrogen (secondary N) is 3. The molecule has 1 aromatic carbocycles. The van der Waals surface area contributed by atoms with Crippen molar-refractivity contribution >= 4 is 17.0 Å². The molecule has 25 heavy (non-hydrogen) atoms. The lowest BCUT2D eigenvalue weighted by Crippen LogP contribution is -2.04. The number of aryl methyl sites for hydroxylation is 2. The van der Waals surface area contributed by atoms with E-state index in [4.69, 9.17) is 0 Å². The molecule has 126 valence electrons. The Morgan fingerprint density at radius 3 is 2.84 bits per heavy atom. The summed E-state index contributed by atoms with van der Waals surface area (Å²) in [5, 5.41) is 7.56. The number of anilines is 1. The molecule has 0 unspecified atom stereocenters. The highest BCUT2D eigenvalue weighted by molar-refractivity contribution is 5.75. The van der Waals surface area contributed by atoms with Crippen molar-refractivity contribution in [3.05, 3.63) is 58.4 Å². The van der Waals surface area contributed by atoms with Gasteiger partial charge in [-0.2, -0.15) is 5.10 Å². The molecule has 0 atom stereocenters. The maximum atomic E-state index is 11.3. The molecule has 4 rings (SSSR count). The van der Waals surface area contributed by atoms with Crippen LogP contribution in [-0.4, -0.2) is 29.7 Å². The Kier molecular flexibility index (Phi) is 3.57. The second-order valence-corrected chi connectivity index (χ2v) is 5.88. The van der Waals surface area contributed by atoms with E-state index in [0.717, 1.165) is 33.5 Å². The van der Waals surface area contributed by atoms with Gasteiger partial charge in [0.1, 0.15) is 0 Å². The van der Waals surface area contributed by atoms with Crippen molar-refractivity contribution in [1.29, 1.82) is 0 Å². The first-order valence-electron chi connectivity index (χ1n) is 7.87. The van der Waals surface area contributed by atoms with Crippen LogP contribution in [0, 0.1) is 6.92 Å². The summed E-state index contributed by atoms with van der Waals surface area (Å²) < 4.78 is 1.77. The van der Waals surface area contributed by atoms with E-state index < -0.39 is 0 Å². The number of imidazole rings is 1. The van der Waals surface area contributed by atoms with Crippen molar-refractivity contribution in [2.75, 3.05) is 5.32 Å². The molecule has 0 saturated carbocycles. The van der Waals surface area contributed by atoms with Gasteiger partial charge in [-0.25, -0.2) is 14.8 Å². The van der Waals surface area contributed by atoms with E-state index in [9.17, 15) is 4.79 Å². The lowest BCUT2D eigenvalue weighted by molar-refractivity contribution is 0.756. The van der Waals surface area contributed by atoms with Gasteiger partial charge in [-0.3, -0.25) is 4.68 Å². The molecule has 4 aromatic rings. The van der Waals surface area contributed by atoms with E-state index in [1.165, 1.54) is 0 Å². The van der Waals surface area contributed by atoms with Crippen molar-refractivity contribution in [3.8, 4) is 11.3 Å². The van der Waals surface area contributed by atoms with E-state index >= 15 is 0 Å². The Hall–Kier alpha value is -3.42. The Morgan fingerprint density at radius 1 is 1.20 bits per heavy atom. The summed E-state index contributed by atoms with van der Waals surface area (Å²) in [6, 6.07) is 7.62. The molecule has 3 heterocycles. The standard InChI is InChI=1S/C17H17N7O/c1-10-12(9-24(2)23-10)13-5-6-18-16(20-13)19-8-11-3-4-14-15(7-11)22-17(25)21-14/h3-7,9H,8H2,1-2H3,(H,18,19,20)(H2,21,22,25). The smallest absolute Gasteiger partial charge is 0.323 e. The number of benzene rings is 1. The fourth-order valence-electron chi connectivity index (χ4n) is 2.82. The van der Waals surface area contributed by atoms with Crippen LogP contribution in [0.15, 0.2) is 41.5 Å². The summed E-state index contributed by atoms with van der Waals surface area (Å²) in [6.45, 7) is 2.51. The number of hydrogen-bond donors (Lipinski definition) is 3. The highest BCUT2D eigenvalue weighted by atomic mass is 16.1. The predicted octanol–water partition coefficient (Wildman–Crippen LogP) is 1.97. The number of hydrogen-bond acceptors (Lipinski definition) is 5. The van der Waals surface area contributed by atoms with E-state index in [0.29, 0.717) is 12.5 Å². The average molecular weight is 335 g/mol. The molecule has 8 heteroatoms. The molecule has 0 spiro atoms. The molecule has 0 aliphatic carbocycles. The number of aromatic amines is 2. The van der Waals surface area contributed by atoms with Crippen LogP contribution >= 0.6 is 0 Å². The van der Waals surface area contributed by atoms with Crippen LogP contribution < -0.4 is 11.0 Å². The maximum absolute atomic E-state index is 11.3. The quantitative estimate of drug-likeness (QED) is 0.529. The first-order valence-corrected chi connectivity index (χ1v) is 7.87. The minimum absolute atomic E-state index is 0.206. The van der Waals surface area contributed by atoms with Gasteiger partial charge in [0.05, 0.1) is 22.4 Å². The van der Waals surface area contributed by atoms with Gasteiger partial charge in [0.2, 0.25) is 5.95 Å². The van der Waals surface area contributed by atoms with Gasteiger partial charge in [-0.15, -0.1) is 0 Å². The first kappa shape index (κ1) is 15.1. The minimum atomic E-state index is -0.206. The molecule has 0 fully saturated rings. The van der Waals surface area contributed by atoms with Crippen molar-refractivity contribution in [2.45, 2.75) is 13.5 Å². The maximum Gasteiger partial charge on any atom is 0.323 e. The minimum Gasteiger partial charge on any atom is -0.350 e. The van der Waals surface area contributed by atoms with Crippen LogP contribution in [0.2, 0.25) is 0 Å². The normalized spacial score (nSPS) is 11.1. The Labute approximate surface area is 143 Å². The molecule has 0 aliphatic rings. The third-order valence-corrected chi connectivity index (χ3v) is 3.98. The van der Waals surface area contributed by atoms with E-state index in [-0.39, 0.29) is 5.69 Å². The molecule has 0 aliphatic heterocycles. The van der Waals surface area contributed by atoms with Crippen molar-refractivity contribution in [3.63, 3.8) is 0 Å². The Morgan fingerprint density at radius 2 is 2.04 bits per heavy atom. The van der Waals surface area contributed by atoms with Crippen molar-refractivity contribution in [1.82, 2.24) is 29.7 Å². The van der Waals surface area contributed by atoms with E-state index in [1.54, 1.807) is 10.9 Å². The van der Waals surface area contributed by atoms with Crippen molar-refractivity contribution in [2.24, 2.45) is 7.05 Å². The van der Waals surface area contributed by atoms with Crippen LogP contribution in [0.3, 0.4) is 0 Å². The van der Waals surface area contributed by atoms with Crippen LogP contribution in [0.25, 0.3) is 22.3 Å². The predicted molar refractivity (Wildman–Crippen MR) is 95.2 cm³/mol. The molecular formula is C17H17N7O. The average Bonchev–Trinajstić information content (AvgIpc) is 3.13. The number of fused-ring (bicyclic) bond motifs is 1. The van der Waals surface area contributed by atoms with Gasteiger partial charge in [-0.1, -0.05) is 6.07 Å². The number of aromatic nitrogens is 6. The number of H-pyrrole nitrogens is 2. The van der Waals surface area contributed by atoms with Gasteiger partial charge in [0, 0.05) is 31.5 Å². The number of nitrogens with zero attached hydrogens (tertiary/aromatic N) is 4. The summed E-state index contributed by atoms with van der Waals surface area (Å²) in [4.78, 5) is 25.6. The first-order chi connectivity index (χ1) is 12.1. The lowest BCUT2D eigenvalue weighted by Gasteiger charge is -2.06. The molecule has 0 saturated heterocycles. The highest BCUT2D eigenvalue weighted by Crippen LogP contribution is 2.20. The van der Waals surface area contributed by atoms with E-state index in [1.807, 2.05) is 44.4 Å². The molecule has 0 bridgehead atoms. The van der Waals surface area contributed by atoms with Crippen LogP contribution in [0.5, 0.6) is 0 Å². The third kappa shape index (κ3) is 3.01. The van der Waals surface area contributed by atoms with Crippen LogP contribution in [0.4, 0.5) is 5.95 Å². The van der Waals surface area contributed by atoms with Gasteiger partial charge in [0.25, 0.3) is 0 Å². The van der Waals surface area contributed by atoms with Gasteiger partial charge < -0.3 is 15.3 Å². The number of rotatable bonds is 4. The topological polar surface area (TPSA) is 104 Å². The molecule has 0 amide bonds. The zero-order valence-corrected chi connectivity index (χ0v) is 13.9. The van der Waals surface area contributed by atoms with Gasteiger partial charge >= 0.3 is 5.69 Å². The van der Waals surface area contributed by atoms with Gasteiger partial charge in [0.15, 0.2) is 0 Å². The fraction of sp³-hybridized carbons (Fsp3) is 0.176. The van der Waals surface area contributed by atoms with E-state index in [2.05, 4.69) is 30.4 Å². The van der Waals surface area contributed by atoms with Gasteiger partial charge in [-0.05, 0) is 30.7 Å². The zero-order chi connectivity index (χ0) is 17.4. The lowest BCUT2D eigenvalue weighted by atomic mass is 10.2. The SMILES string of the molecule is Cc1nn(C)cc1-c1ccnc(NCc2ccc3[nH]c(=O)[nH]c3c2)n1. The Balaban J connectivity index is 1.55. The summed E-state index contributed by atoms with van der Waals surface area (Å²) in [6.07, 6.45) is 3.67. The molecule has 3 aromatic heterocycles. The van der Waals surface area contributed by atoms with Crippen LogP contribution in [0.1, 0.15) is 11.3 Å². The third-order valence-electron chi connectivity index (χ3n) is 3.98. The molecule has 3 N–H and O–H groups in total. The second-order valence-electron chi connectivity index (χ2n) is 5.88. The summed E-state index contributed by atoms with van der Waals surface area (Å²) in [5.74, 6) is 0.545. The summed E-state index contributed by atoms with van der Waals surface area (Å²) >= 11 is 0. The fourth-order valence-corrected chi connectivity index (χ4v) is 2.82. The highest BCUT2D eigenvalue weighted by Gasteiger charge is 2.09. The Bertz CT molecular complexity index is 1110. The largest absolute Gasteiger partial charge is 0.350 e. The zero-order valence-electron chi connectivity index (χ0n) is 13.9. The van der Waals surface area contributed by atoms with Crippen LogP contribution in [-0.2, 0) is 13.6 Å². The monoisotopic (exact) mass is 335 g/mol.